The number of benzene rings is 1. The maximum absolute atomic E-state index is 13.4. The van der Waals surface area contributed by atoms with E-state index in [0.717, 1.165) is 66.9 Å². The summed E-state index contributed by atoms with van der Waals surface area (Å²) in [6.07, 6.45) is 4.85. The maximum atomic E-state index is 13.4. The predicted molar refractivity (Wildman–Crippen MR) is 130 cm³/mol. The maximum Gasteiger partial charge on any atom is 0.304 e. The fraction of sp³-hybridized carbons (Fsp3) is 0.444. The Morgan fingerprint density at radius 3 is 2.94 bits per heavy atom. The van der Waals surface area contributed by atoms with Crippen molar-refractivity contribution in [3.8, 4) is 0 Å². The third-order valence-corrected chi connectivity index (χ3v) is 6.82. The molecule has 2 N–H and O–H groups in total. The van der Waals surface area contributed by atoms with Gasteiger partial charge in [0.1, 0.15) is 5.82 Å². The number of amides is 1. The minimum Gasteiger partial charge on any atom is -0.481 e. The van der Waals surface area contributed by atoms with Gasteiger partial charge in [-0.2, -0.15) is 0 Å². The summed E-state index contributed by atoms with van der Waals surface area (Å²) in [4.78, 5) is 31.6. The molecule has 1 amide bonds. The largest absolute Gasteiger partial charge is 0.481 e. The number of likely N-dealkylation sites (tertiary alicyclic amines) is 1. The summed E-state index contributed by atoms with van der Waals surface area (Å²) in [6.45, 7) is 8.22. The van der Waals surface area contributed by atoms with Gasteiger partial charge in [0.15, 0.2) is 0 Å². The van der Waals surface area contributed by atoms with E-state index in [-0.39, 0.29) is 12.3 Å². The molecule has 4 rings (SSSR count). The number of aromatic nitrogens is 1. The Morgan fingerprint density at radius 2 is 2.15 bits per heavy atom. The molecule has 0 spiro atoms. The molecule has 2 aromatic rings. The lowest BCUT2D eigenvalue weighted by molar-refractivity contribution is -0.141. The highest BCUT2D eigenvalue weighted by atomic mass is 16.4. The predicted octanol–water partition coefficient (Wildman–Crippen LogP) is 4.51. The molecular formula is C27H33N3O3. The van der Waals surface area contributed by atoms with Crippen molar-refractivity contribution in [1.82, 2.24) is 9.88 Å². The van der Waals surface area contributed by atoms with E-state index in [4.69, 9.17) is 4.98 Å². The molecule has 2 aliphatic rings. The van der Waals surface area contributed by atoms with Gasteiger partial charge >= 0.3 is 5.97 Å². The molecule has 33 heavy (non-hydrogen) atoms. The number of nitrogens with zero attached hydrogens (tertiary/aromatic N) is 2. The minimum atomic E-state index is -0.961. The molecule has 3 heterocycles. The van der Waals surface area contributed by atoms with Crippen LogP contribution in [-0.2, 0) is 22.4 Å². The average Bonchev–Trinajstić information content (AvgIpc) is 3.30. The van der Waals surface area contributed by atoms with Crippen molar-refractivity contribution in [3.63, 3.8) is 0 Å². The van der Waals surface area contributed by atoms with E-state index in [1.807, 2.05) is 36.1 Å². The molecule has 1 aromatic heterocycles. The molecule has 0 aliphatic carbocycles. The van der Waals surface area contributed by atoms with E-state index < -0.39 is 11.9 Å². The van der Waals surface area contributed by atoms with Crippen LogP contribution in [0.1, 0.15) is 60.9 Å². The number of rotatable bonds is 8. The lowest BCUT2D eigenvalue weighted by Crippen LogP contribution is -2.34. The summed E-state index contributed by atoms with van der Waals surface area (Å²) < 4.78 is 0. The van der Waals surface area contributed by atoms with Crippen LogP contribution in [0.15, 0.2) is 43.0 Å². The van der Waals surface area contributed by atoms with Gasteiger partial charge in [-0.3, -0.25) is 9.59 Å². The summed E-state index contributed by atoms with van der Waals surface area (Å²) in [5, 5.41) is 12.9. The zero-order valence-electron chi connectivity index (χ0n) is 19.3. The number of fused-ring (bicyclic) bond motifs is 1. The third-order valence-electron chi connectivity index (χ3n) is 6.82. The van der Waals surface area contributed by atoms with Gasteiger partial charge < -0.3 is 15.3 Å². The SMILES string of the molecule is C=C(C)c1cccc([C@H](CC(=O)O)C(=O)N2CC[C@@H](CCc3ccc4c(n3)NCCC4)C2)c1. The molecule has 6 heteroatoms. The summed E-state index contributed by atoms with van der Waals surface area (Å²) >= 11 is 0. The summed E-state index contributed by atoms with van der Waals surface area (Å²) in [6, 6.07) is 11.9. The highest BCUT2D eigenvalue weighted by Crippen LogP contribution is 2.30. The van der Waals surface area contributed by atoms with Gasteiger partial charge in [-0.15, -0.1) is 0 Å². The van der Waals surface area contributed by atoms with E-state index in [0.29, 0.717) is 19.0 Å². The van der Waals surface area contributed by atoms with Crippen LogP contribution in [0.25, 0.3) is 5.57 Å². The highest BCUT2D eigenvalue weighted by Gasteiger charge is 2.33. The number of pyridine rings is 1. The van der Waals surface area contributed by atoms with Crippen LogP contribution in [0.2, 0.25) is 0 Å². The van der Waals surface area contributed by atoms with Gasteiger partial charge in [0, 0.05) is 25.3 Å². The Labute approximate surface area is 195 Å². The second-order valence-corrected chi connectivity index (χ2v) is 9.37. The Hall–Kier alpha value is -3.15. The van der Waals surface area contributed by atoms with Crippen molar-refractivity contribution in [2.75, 3.05) is 25.0 Å². The zero-order valence-corrected chi connectivity index (χ0v) is 19.3. The quantitative estimate of drug-likeness (QED) is 0.622. The normalized spacial score (nSPS) is 18.3. The number of carboxylic acid groups (broad SMARTS) is 1. The van der Waals surface area contributed by atoms with Crippen molar-refractivity contribution < 1.29 is 14.7 Å². The Bertz CT molecular complexity index is 1050. The van der Waals surface area contributed by atoms with Crippen LogP contribution in [0, 0.1) is 5.92 Å². The molecule has 0 radical (unpaired) electrons. The Morgan fingerprint density at radius 1 is 1.30 bits per heavy atom. The average molecular weight is 448 g/mol. The van der Waals surface area contributed by atoms with Crippen LogP contribution >= 0.6 is 0 Å². The highest BCUT2D eigenvalue weighted by molar-refractivity contribution is 5.88. The van der Waals surface area contributed by atoms with Gasteiger partial charge in [-0.1, -0.05) is 42.5 Å². The number of aliphatic carboxylic acids is 1. The molecule has 0 bridgehead atoms. The lowest BCUT2D eigenvalue weighted by atomic mass is 9.91. The smallest absolute Gasteiger partial charge is 0.304 e. The molecule has 0 unspecified atom stereocenters. The van der Waals surface area contributed by atoms with Crippen molar-refractivity contribution in [2.24, 2.45) is 5.92 Å². The first kappa shape index (κ1) is 23.0. The summed E-state index contributed by atoms with van der Waals surface area (Å²) in [5.41, 5.74) is 4.96. The van der Waals surface area contributed by atoms with Crippen molar-refractivity contribution >= 4 is 23.3 Å². The van der Waals surface area contributed by atoms with E-state index in [9.17, 15) is 14.7 Å². The van der Waals surface area contributed by atoms with Gasteiger partial charge in [0.05, 0.1) is 12.3 Å². The third kappa shape index (κ3) is 5.62. The second-order valence-electron chi connectivity index (χ2n) is 9.37. The first-order chi connectivity index (χ1) is 15.9. The van der Waals surface area contributed by atoms with Gasteiger partial charge in [0.2, 0.25) is 5.91 Å². The van der Waals surface area contributed by atoms with Gasteiger partial charge in [0.25, 0.3) is 0 Å². The van der Waals surface area contributed by atoms with Crippen LogP contribution in [0.5, 0.6) is 0 Å². The summed E-state index contributed by atoms with van der Waals surface area (Å²) in [5.74, 6) is -0.289. The van der Waals surface area contributed by atoms with Crippen molar-refractivity contribution in [2.45, 2.75) is 51.4 Å². The van der Waals surface area contributed by atoms with E-state index in [1.165, 1.54) is 5.56 Å². The van der Waals surface area contributed by atoms with E-state index >= 15 is 0 Å². The number of allylic oxidation sites excluding steroid dienone is 1. The number of anilines is 1. The zero-order chi connectivity index (χ0) is 23.4. The van der Waals surface area contributed by atoms with E-state index in [2.05, 4.69) is 24.0 Å². The molecule has 2 atom stereocenters. The number of aryl methyl sites for hydroxylation is 2. The molecule has 1 aromatic carbocycles. The van der Waals surface area contributed by atoms with Crippen molar-refractivity contribution in [1.29, 1.82) is 0 Å². The van der Waals surface area contributed by atoms with E-state index in [1.54, 1.807) is 0 Å². The monoisotopic (exact) mass is 447 g/mol. The number of carboxylic acids is 1. The van der Waals surface area contributed by atoms with Crippen LogP contribution in [0.4, 0.5) is 5.82 Å². The molecule has 0 saturated carbocycles. The molecule has 2 aliphatic heterocycles. The van der Waals surface area contributed by atoms with Gasteiger partial charge in [-0.25, -0.2) is 4.98 Å². The number of carbonyl (C=O) groups excluding carboxylic acids is 1. The van der Waals surface area contributed by atoms with Gasteiger partial charge in [-0.05, 0) is 67.7 Å². The first-order valence-electron chi connectivity index (χ1n) is 11.9. The minimum absolute atomic E-state index is 0.0881. The molecular weight excluding hydrogens is 414 g/mol. The van der Waals surface area contributed by atoms with Crippen LogP contribution in [0.3, 0.4) is 0 Å². The molecule has 174 valence electrons. The summed E-state index contributed by atoms with van der Waals surface area (Å²) in [7, 11) is 0. The molecule has 6 nitrogen and oxygen atoms in total. The van der Waals surface area contributed by atoms with Crippen LogP contribution < -0.4 is 5.32 Å². The number of hydrogen-bond donors (Lipinski definition) is 2. The molecule has 1 fully saturated rings. The first-order valence-corrected chi connectivity index (χ1v) is 11.9. The fourth-order valence-corrected chi connectivity index (χ4v) is 4.89. The van der Waals surface area contributed by atoms with Crippen molar-refractivity contribution in [3.05, 3.63) is 65.4 Å². The Kier molecular flexibility index (Phi) is 7.11. The van der Waals surface area contributed by atoms with Crippen LogP contribution in [-0.4, -0.2) is 46.5 Å². The number of carbonyl (C=O) groups is 2. The topological polar surface area (TPSA) is 82.5 Å². The fourth-order valence-electron chi connectivity index (χ4n) is 4.89. The standard InChI is InChI=1S/C27H33N3O3/c1-18(2)21-5-3-6-22(15-21)24(16-25(31)32)27(33)30-14-12-19(17-30)8-10-23-11-9-20-7-4-13-28-26(20)29-23/h3,5-6,9,11,15,19,24H,1,4,7-8,10,12-14,16-17H2,2H3,(H,28,29)(H,31,32)/t19-,24+/m1/s1. The molecule has 1 saturated heterocycles. The number of hydrogen-bond acceptors (Lipinski definition) is 4. The second kappa shape index (κ2) is 10.2. The number of nitrogens with one attached hydrogen (secondary N) is 1. The Balaban J connectivity index is 1.39. The lowest BCUT2D eigenvalue weighted by Gasteiger charge is -2.23.